The summed E-state index contributed by atoms with van der Waals surface area (Å²) < 4.78 is 0. The number of aliphatic hydroxyl groups is 1. The fourth-order valence-electron chi connectivity index (χ4n) is 1.02. The van der Waals surface area contributed by atoms with Crippen molar-refractivity contribution in [2.24, 2.45) is 0 Å². The summed E-state index contributed by atoms with van der Waals surface area (Å²) >= 11 is 0. The predicted molar refractivity (Wildman–Crippen MR) is 38.3 cm³/mol. The summed E-state index contributed by atoms with van der Waals surface area (Å²) in [5, 5.41) is 9.00. The van der Waals surface area contributed by atoms with Crippen molar-refractivity contribution in [3.63, 3.8) is 0 Å². The van der Waals surface area contributed by atoms with Crippen LogP contribution in [0.25, 0.3) is 0 Å². The predicted octanol–water partition coefficient (Wildman–Crippen LogP) is 2.56. The maximum atomic E-state index is 9.00. The average Bonchev–Trinajstić information content (AvgIpc) is 1.88. The van der Waals surface area contributed by atoms with E-state index in [1.807, 2.05) is 12.2 Å². The quantitative estimate of drug-likeness (QED) is 0.569. The Morgan fingerprint density at radius 3 is 2.89 bits per heavy atom. The zero-order chi connectivity index (χ0) is 6.69. The molecule has 50 valence electrons. The van der Waals surface area contributed by atoms with Crippen molar-refractivity contribution in [2.45, 2.75) is 26.2 Å². The molecule has 0 aromatic rings. The standard InChI is InChI=1S/C8H12O/c1-2-7-4-3-5-8(9)6-7/h5-6,9H,2-4H2,1H3. The summed E-state index contributed by atoms with van der Waals surface area (Å²) in [5.74, 6) is 0.443. The Hall–Kier alpha value is -0.720. The maximum absolute atomic E-state index is 9.00. The van der Waals surface area contributed by atoms with Crippen LogP contribution in [0.4, 0.5) is 0 Å². The van der Waals surface area contributed by atoms with Crippen LogP contribution in [0.5, 0.6) is 0 Å². The third kappa shape index (κ3) is 1.60. The number of rotatable bonds is 1. The lowest BCUT2D eigenvalue weighted by atomic mass is 10.0. The van der Waals surface area contributed by atoms with Gasteiger partial charge in [-0.1, -0.05) is 12.5 Å². The van der Waals surface area contributed by atoms with Crippen LogP contribution in [0.1, 0.15) is 26.2 Å². The van der Waals surface area contributed by atoms with Crippen LogP contribution < -0.4 is 0 Å². The van der Waals surface area contributed by atoms with Gasteiger partial charge in [0.15, 0.2) is 0 Å². The molecule has 1 nitrogen and oxygen atoms in total. The molecular weight excluding hydrogens is 112 g/mol. The highest BCUT2D eigenvalue weighted by Crippen LogP contribution is 2.17. The van der Waals surface area contributed by atoms with Crippen LogP contribution in [-0.2, 0) is 0 Å². The fraction of sp³-hybridized carbons (Fsp3) is 0.500. The van der Waals surface area contributed by atoms with E-state index in [0.29, 0.717) is 5.76 Å². The van der Waals surface area contributed by atoms with Gasteiger partial charge in [-0.25, -0.2) is 0 Å². The minimum Gasteiger partial charge on any atom is -0.508 e. The van der Waals surface area contributed by atoms with E-state index in [1.54, 1.807) is 0 Å². The molecule has 0 saturated carbocycles. The Labute approximate surface area is 55.7 Å². The lowest BCUT2D eigenvalue weighted by Gasteiger charge is -2.06. The summed E-state index contributed by atoms with van der Waals surface area (Å²) in [7, 11) is 0. The van der Waals surface area contributed by atoms with Crippen LogP contribution in [0.15, 0.2) is 23.5 Å². The first kappa shape index (κ1) is 6.40. The number of hydrogen-bond acceptors (Lipinski definition) is 1. The molecular formula is C8H12O. The Morgan fingerprint density at radius 1 is 1.67 bits per heavy atom. The zero-order valence-corrected chi connectivity index (χ0v) is 5.72. The molecule has 0 spiro atoms. The summed E-state index contributed by atoms with van der Waals surface area (Å²) in [4.78, 5) is 0. The second-order valence-electron chi connectivity index (χ2n) is 2.32. The fourth-order valence-corrected chi connectivity index (χ4v) is 1.02. The first-order chi connectivity index (χ1) is 4.33. The molecule has 1 rings (SSSR count). The molecule has 0 radical (unpaired) electrons. The Kier molecular flexibility index (Phi) is 1.93. The second-order valence-corrected chi connectivity index (χ2v) is 2.32. The van der Waals surface area contributed by atoms with E-state index in [0.717, 1.165) is 19.3 Å². The summed E-state index contributed by atoms with van der Waals surface area (Å²) in [5.41, 5.74) is 1.36. The van der Waals surface area contributed by atoms with Gasteiger partial charge < -0.3 is 5.11 Å². The molecule has 1 N–H and O–H groups in total. The molecule has 0 aromatic heterocycles. The van der Waals surface area contributed by atoms with Gasteiger partial charge in [0.2, 0.25) is 0 Å². The van der Waals surface area contributed by atoms with Crippen molar-refractivity contribution < 1.29 is 5.11 Å². The van der Waals surface area contributed by atoms with Crippen molar-refractivity contribution in [3.8, 4) is 0 Å². The summed E-state index contributed by atoms with van der Waals surface area (Å²) in [6, 6.07) is 0. The van der Waals surface area contributed by atoms with Crippen molar-refractivity contribution in [2.75, 3.05) is 0 Å². The van der Waals surface area contributed by atoms with Gasteiger partial charge in [-0.05, 0) is 31.4 Å². The minimum atomic E-state index is 0.443. The molecule has 0 saturated heterocycles. The molecule has 0 bridgehead atoms. The van der Waals surface area contributed by atoms with Crippen molar-refractivity contribution in [1.29, 1.82) is 0 Å². The van der Waals surface area contributed by atoms with Crippen molar-refractivity contribution >= 4 is 0 Å². The Balaban J connectivity index is 2.63. The smallest absolute Gasteiger partial charge is 0.111 e. The Bertz CT molecular complexity index is 154. The molecule has 0 aliphatic heterocycles. The molecule has 1 aliphatic rings. The van der Waals surface area contributed by atoms with Gasteiger partial charge in [-0.3, -0.25) is 0 Å². The average molecular weight is 124 g/mol. The van der Waals surface area contributed by atoms with Crippen LogP contribution in [0, 0.1) is 0 Å². The van der Waals surface area contributed by atoms with Crippen LogP contribution in [0.3, 0.4) is 0 Å². The van der Waals surface area contributed by atoms with Gasteiger partial charge in [-0.2, -0.15) is 0 Å². The minimum absolute atomic E-state index is 0.443. The summed E-state index contributed by atoms with van der Waals surface area (Å²) in [6.07, 6.45) is 6.92. The highest BCUT2D eigenvalue weighted by molar-refractivity contribution is 5.21. The summed E-state index contributed by atoms with van der Waals surface area (Å²) in [6.45, 7) is 2.12. The van der Waals surface area contributed by atoms with E-state index in [4.69, 9.17) is 5.11 Å². The van der Waals surface area contributed by atoms with E-state index in [2.05, 4.69) is 6.92 Å². The van der Waals surface area contributed by atoms with Gasteiger partial charge in [-0.15, -0.1) is 0 Å². The molecule has 9 heavy (non-hydrogen) atoms. The zero-order valence-electron chi connectivity index (χ0n) is 5.72. The van der Waals surface area contributed by atoms with Gasteiger partial charge in [0.1, 0.15) is 5.76 Å². The van der Waals surface area contributed by atoms with Gasteiger partial charge in [0.05, 0.1) is 0 Å². The lowest BCUT2D eigenvalue weighted by molar-refractivity contribution is 0.424. The highest BCUT2D eigenvalue weighted by Gasteiger charge is 2.00. The Morgan fingerprint density at radius 2 is 2.44 bits per heavy atom. The SMILES string of the molecule is CCC1=CC(O)=CCC1. The second kappa shape index (κ2) is 2.72. The molecule has 1 heteroatoms. The number of aliphatic hydroxyl groups excluding tert-OH is 1. The maximum Gasteiger partial charge on any atom is 0.111 e. The third-order valence-electron chi connectivity index (χ3n) is 1.63. The highest BCUT2D eigenvalue weighted by atomic mass is 16.3. The molecule has 0 heterocycles. The molecule has 0 aromatic carbocycles. The topological polar surface area (TPSA) is 20.2 Å². The van der Waals surface area contributed by atoms with Crippen molar-refractivity contribution in [3.05, 3.63) is 23.5 Å². The van der Waals surface area contributed by atoms with Crippen LogP contribution in [-0.4, -0.2) is 5.11 Å². The van der Waals surface area contributed by atoms with E-state index < -0.39 is 0 Å². The largest absolute Gasteiger partial charge is 0.508 e. The van der Waals surface area contributed by atoms with Gasteiger partial charge >= 0.3 is 0 Å². The van der Waals surface area contributed by atoms with Gasteiger partial charge in [0, 0.05) is 0 Å². The first-order valence-corrected chi connectivity index (χ1v) is 3.41. The number of allylic oxidation sites excluding steroid dienone is 3. The molecule has 1 aliphatic carbocycles. The van der Waals surface area contributed by atoms with E-state index in [9.17, 15) is 0 Å². The first-order valence-electron chi connectivity index (χ1n) is 3.41. The van der Waals surface area contributed by atoms with Crippen LogP contribution in [0.2, 0.25) is 0 Å². The number of hydrogen-bond donors (Lipinski definition) is 1. The van der Waals surface area contributed by atoms with E-state index in [-0.39, 0.29) is 0 Å². The molecule has 0 fully saturated rings. The molecule has 0 atom stereocenters. The monoisotopic (exact) mass is 124 g/mol. The van der Waals surface area contributed by atoms with E-state index >= 15 is 0 Å². The molecule has 0 amide bonds. The molecule has 0 unspecified atom stereocenters. The van der Waals surface area contributed by atoms with Gasteiger partial charge in [0.25, 0.3) is 0 Å². The van der Waals surface area contributed by atoms with Crippen molar-refractivity contribution in [1.82, 2.24) is 0 Å². The lowest BCUT2D eigenvalue weighted by Crippen LogP contribution is -1.89. The third-order valence-corrected chi connectivity index (χ3v) is 1.63. The van der Waals surface area contributed by atoms with Crippen LogP contribution >= 0.6 is 0 Å². The normalized spacial score (nSPS) is 18.8. The van der Waals surface area contributed by atoms with E-state index in [1.165, 1.54) is 5.57 Å².